The molecule has 25 heavy (non-hydrogen) atoms. The van der Waals surface area contributed by atoms with Crippen molar-refractivity contribution >= 4 is 33.4 Å². The molecule has 2 heterocycles. The van der Waals surface area contributed by atoms with Gasteiger partial charge in [-0.3, -0.25) is 19.0 Å². The number of carbonyl (C=O) groups is 2. The van der Waals surface area contributed by atoms with Crippen molar-refractivity contribution in [3.8, 4) is 0 Å². The lowest BCUT2D eigenvalue weighted by Gasteiger charge is -2.10. The van der Waals surface area contributed by atoms with E-state index in [4.69, 9.17) is 0 Å². The minimum Gasteiger partial charge on any atom is -0.355 e. The molecule has 8 heteroatoms. The second-order valence-electron chi connectivity index (χ2n) is 6.20. The van der Waals surface area contributed by atoms with Crippen LogP contribution in [-0.2, 0) is 29.0 Å². The third kappa shape index (κ3) is 3.89. The first-order chi connectivity index (χ1) is 12.1. The maximum Gasteiger partial charge on any atom is 0.262 e. The van der Waals surface area contributed by atoms with E-state index in [-0.39, 0.29) is 30.5 Å². The van der Waals surface area contributed by atoms with E-state index in [1.165, 1.54) is 15.8 Å². The Labute approximate surface area is 149 Å². The highest BCUT2D eigenvalue weighted by Crippen LogP contribution is 2.33. The molecule has 0 aromatic carbocycles. The van der Waals surface area contributed by atoms with Crippen LogP contribution in [0.5, 0.6) is 0 Å². The number of aromatic nitrogens is 2. The average Bonchev–Trinajstić information content (AvgIpc) is 3.00. The van der Waals surface area contributed by atoms with Gasteiger partial charge in [-0.1, -0.05) is 6.92 Å². The third-order valence-electron chi connectivity index (χ3n) is 4.27. The van der Waals surface area contributed by atoms with Crippen LogP contribution in [0.15, 0.2) is 11.1 Å². The molecule has 7 nitrogen and oxygen atoms in total. The lowest BCUT2D eigenvalue weighted by atomic mass is 9.97. The molecule has 134 valence electrons. The summed E-state index contributed by atoms with van der Waals surface area (Å²) < 4.78 is 1.32. The van der Waals surface area contributed by atoms with Crippen molar-refractivity contribution in [2.75, 3.05) is 13.1 Å². The largest absolute Gasteiger partial charge is 0.355 e. The van der Waals surface area contributed by atoms with Gasteiger partial charge in [-0.15, -0.1) is 11.3 Å². The SMILES string of the molecule is CCCNC(=O)CNC(=O)Cn1cnc2sc3c(c2c1=O)CCCC3. The molecule has 2 amide bonds. The zero-order valence-electron chi connectivity index (χ0n) is 14.3. The fraction of sp³-hybridized carbons (Fsp3) is 0.529. The molecule has 1 aliphatic rings. The molecule has 0 saturated carbocycles. The summed E-state index contributed by atoms with van der Waals surface area (Å²) in [6.07, 6.45) is 6.40. The minimum absolute atomic E-state index is 0.0862. The number of hydrogen-bond donors (Lipinski definition) is 2. The Morgan fingerprint density at radius 2 is 2.04 bits per heavy atom. The van der Waals surface area contributed by atoms with Crippen LogP contribution in [0.25, 0.3) is 10.2 Å². The van der Waals surface area contributed by atoms with Crippen LogP contribution in [0.1, 0.15) is 36.6 Å². The summed E-state index contributed by atoms with van der Waals surface area (Å²) in [5.74, 6) is -0.609. The highest BCUT2D eigenvalue weighted by Gasteiger charge is 2.20. The molecule has 2 N–H and O–H groups in total. The van der Waals surface area contributed by atoms with E-state index in [2.05, 4.69) is 15.6 Å². The zero-order chi connectivity index (χ0) is 17.8. The van der Waals surface area contributed by atoms with E-state index < -0.39 is 0 Å². The number of nitrogens with one attached hydrogen (secondary N) is 2. The van der Waals surface area contributed by atoms with Gasteiger partial charge in [0.2, 0.25) is 11.8 Å². The number of fused-ring (bicyclic) bond motifs is 3. The van der Waals surface area contributed by atoms with Crippen LogP contribution in [-0.4, -0.2) is 34.5 Å². The first kappa shape index (κ1) is 17.6. The highest BCUT2D eigenvalue weighted by molar-refractivity contribution is 7.18. The Morgan fingerprint density at radius 1 is 1.24 bits per heavy atom. The molecule has 0 aliphatic heterocycles. The van der Waals surface area contributed by atoms with Crippen molar-refractivity contribution in [2.24, 2.45) is 0 Å². The lowest BCUT2D eigenvalue weighted by Crippen LogP contribution is -2.39. The van der Waals surface area contributed by atoms with Gasteiger partial charge in [-0.25, -0.2) is 4.98 Å². The maximum absolute atomic E-state index is 12.7. The van der Waals surface area contributed by atoms with E-state index in [1.54, 1.807) is 11.3 Å². The molecule has 0 saturated heterocycles. The van der Waals surface area contributed by atoms with Gasteiger partial charge >= 0.3 is 0 Å². The van der Waals surface area contributed by atoms with Crippen molar-refractivity contribution < 1.29 is 9.59 Å². The summed E-state index contributed by atoms with van der Waals surface area (Å²) in [6.45, 7) is 2.32. The topological polar surface area (TPSA) is 93.1 Å². The van der Waals surface area contributed by atoms with E-state index in [0.717, 1.165) is 42.5 Å². The Hall–Kier alpha value is -2.22. The zero-order valence-corrected chi connectivity index (χ0v) is 15.1. The minimum atomic E-state index is -0.376. The Kier molecular flexibility index (Phi) is 5.47. The van der Waals surface area contributed by atoms with Gasteiger partial charge in [0.1, 0.15) is 11.4 Å². The van der Waals surface area contributed by atoms with Gasteiger partial charge in [0.25, 0.3) is 5.56 Å². The number of amides is 2. The van der Waals surface area contributed by atoms with Gasteiger partial charge < -0.3 is 10.6 Å². The number of carbonyl (C=O) groups excluding carboxylic acids is 2. The molecular weight excluding hydrogens is 340 g/mol. The van der Waals surface area contributed by atoms with Crippen LogP contribution in [0.2, 0.25) is 0 Å². The van der Waals surface area contributed by atoms with Crippen molar-refractivity contribution in [1.82, 2.24) is 20.2 Å². The van der Waals surface area contributed by atoms with E-state index in [1.807, 2.05) is 6.92 Å². The molecule has 2 aromatic heterocycles. The number of thiophene rings is 1. The van der Waals surface area contributed by atoms with Crippen molar-refractivity contribution in [3.63, 3.8) is 0 Å². The van der Waals surface area contributed by atoms with Gasteiger partial charge in [0.05, 0.1) is 18.3 Å². The molecule has 0 unspecified atom stereocenters. The van der Waals surface area contributed by atoms with Crippen LogP contribution in [0.3, 0.4) is 0 Å². The van der Waals surface area contributed by atoms with E-state index in [0.29, 0.717) is 11.9 Å². The fourth-order valence-corrected chi connectivity index (χ4v) is 4.23. The van der Waals surface area contributed by atoms with Crippen LogP contribution < -0.4 is 16.2 Å². The Bertz CT molecular complexity index is 855. The Balaban J connectivity index is 1.71. The van der Waals surface area contributed by atoms with Crippen molar-refractivity contribution in [1.29, 1.82) is 0 Å². The predicted octanol–water partition coefficient (Wildman–Crippen LogP) is 0.979. The second kappa shape index (κ2) is 7.77. The van der Waals surface area contributed by atoms with Crippen LogP contribution in [0.4, 0.5) is 0 Å². The number of aryl methyl sites for hydroxylation is 2. The monoisotopic (exact) mass is 362 g/mol. The molecule has 2 aromatic rings. The van der Waals surface area contributed by atoms with Gasteiger partial charge in [0.15, 0.2) is 0 Å². The Morgan fingerprint density at radius 3 is 2.84 bits per heavy atom. The molecule has 0 fully saturated rings. The summed E-state index contributed by atoms with van der Waals surface area (Å²) in [5, 5.41) is 5.88. The third-order valence-corrected chi connectivity index (χ3v) is 5.47. The first-order valence-electron chi connectivity index (χ1n) is 8.63. The first-order valence-corrected chi connectivity index (χ1v) is 9.45. The molecule has 3 rings (SSSR count). The van der Waals surface area contributed by atoms with Crippen molar-refractivity contribution in [2.45, 2.75) is 45.6 Å². The summed E-state index contributed by atoms with van der Waals surface area (Å²) >= 11 is 1.59. The smallest absolute Gasteiger partial charge is 0.262 e. The van der Waals surface area contributed by atoms with E-state index >= 15 is 0 Å². The average molecular weight is 362 g/mol. The number of nitrogens with zero attached hydrogens (tertiary/aromatic N) is 2. The predicted molar refractivity (Wildman–Crippen MR) is 96.8 cm³/mol. The van der Waals surface area contributed by atoms with Crippen LogP contribution >= 0.6 is 11.3 Å². The lowest BCUT2D eigenvalue weighted by molar-refractivity contribution is -0.126. The van der Waals surface area contributed by atoms with Gasteiger partial charge in [-0.2, -0.15) is 0 Å². The van der Waals surface area contributed by atoms with E-state index in [9.17, 15) is 14.4 Å². The normalized spacial score (nSPS) is 13.5. The molecule has 0 spiro atoms. The summed E-state index contributed by atoms with van der Waals surface area (Å²) in [7, 11) is 0. The molecule has 1 aliphatic carbocycles. The molecule has 0 radical (unpaired) electrons. The summed E-state index contributed by atoms with van der Waals surface area (Å²) in [4.78, 5) is 42.7. The highest BCUT2D eigenvalue weighted by atomic mass is 32.1. The molecule has 0 bridgehead atoms. The van der Waals surface area contributed by atoms with Gasteiger partial charge in [0, 0.05) is 11.4 Å². The summed E-state index contributed by atoms with van der Waals surface area (Å²) in [6, 6.07) is 0. The number of hydrogen-bond acceptors (Lipinski definition) is 5. The molecular formula is C17H22N4O3S. The molecule has 0 atom stereocenters. The van der Waals surface area contributed by atoms with Gasteiger partial charge in [-0.05, 0) is 37.7 Å². The van der Waals surface area contributed by atoms with Crippen LogP contribution in [0, 0.1) is 0 Å². The standard InChI is InChI=1S/C17H22N4O3S/c1-2-7-18-13(22)8-19-14(23)9-21-10-20-16-15(17(21)24)11-5-3-4-6-12(11)25-16/h10H,2-9H2,1H3,(H,18,22)(H,19,23). The fourth-order valence-electron chi connectivity index (χ4n) is 3.01. The van der Waals surface area contributed by atoms with Crippen molar-refractivity contribution in [3.05, 3.63) is 27.1 Å². The second-order valence-corrected chi connectivity index (χ2v) is 7.28. The maximum atomic E-state index is 12.7. The quantitative estimate of drug-likeness (QED) is 0.801. The number of rotatable bonds is 6. The summed E-state index contributed by atoms with van der Waals surface area (Å²) in [5.41, 5.74) is 0.937.